The number of aliphatic hydroxyl groups is 1. The second-order valence-electron chi connectivity index (χ2n) is 9.54. The zero-order chi connectivity index (χ0) is 19.3. The van der Waals surface area contributed by atoms with E-state index in [4.69, 9.17) is 4.74 Å². The summed E-state index contributed by atoms with van der Waals surface area (Å²) < 4.78 is 5.55. The quantitative estimate of drug-likeness (QED) is 0.691. The molecule has 3 nitrogen and oxygen atoms in total. The average molecular weight is 363 g/mol. The van der Waals surface area contributed by atoms with Crippen LogP contribution in [0.5, 0.6) is 0 Å². The summed E-state index contributed by atoms with van der Waals surface area (Å²) in [4.78, 5) is 12.3. The normalized spacial score (nSPS) is 47.3. The average Bonchev–Trinajstić information content (AvgIpc) is 2.87. The van der Waals surface area contributed by atoms with E-state index in [1.54, 1.807) is 7.11 Å². The molecule has 4 aliphatic rings. The van der Waals surface area contributed by atoms with Crippen LogP contribution in [0.15, 0.2) is 11.3 Å². The van der Waals surface area contributed by atoms with Gasteiger partial charge in [0.1, 0.15) is 0 Å². The first-order valence-electron chi connectivity index (χ1n) is 10.8. The van der Waals surface area contributed by atoms with Crippen LogP contribution in [0.1, 0.15) is 86.0 Å². The Hall–Kier alpha value is -0.830. The number of fused-ring (bicyclic) bond motifs is 5. The van der Waals surface area contributed by atoms with E-state index in [1.807, 2.05) is 13.8 Å². The first-order valence-corrected chi connectivity index (χ1v) is 10.8. The SMILES string of the molecule is CC.COC1=C2CCC3C(CCC4(C)C3CCC4(C)O)C2(C)CCC1=O. The van der Waals surface area contributed by atoms with Crippen LogP contribution >= 0.6 is 0 Å². The van der Waals surface area contributed by atoms with Gasteiger partial charge in [-0.2, -0.15) is 0 Å². The number of carbonyl (C=O) groups excluding carboxylic acids is 1. The maximum absolute atomic E-state index is 12.3. The molecular weight excluding hydrogens is 324 g/mol. The highest BCUT2D eigenvalue weighted by molar-refractivity contribution is 5.95. The molecule has 0 radical (unpaired) electrons. The summed E-state index contributed by atoms with van der Waals surface area (Å²) in [6.45, 7) is 10.8. The van der Waals surface area contributed by atoms with Crippen LogP contribution in [-0.4, -0.2) is 23.6 Å². The molecule has 6 atom stereocenters. The molecule has 26 heavy (non-hydrogen) atoms. The van der Waals surface area contributed by atoms with Gasteiger partial charge in [-0.15, -0.1) is 0 Å². The van der Waals surface area contributed by atoms with Crippen molar-refractivity contribution in [3.63, 3.8) is 0 Å². The van der Waals surface area contributed by atoms with Crippen LogP contribution in [0.25, 0.3) is 0 Å². The third-order valence-corrected chi connectivity index (χ3v) is 8.84. The lowest BCUT2D eigenvalue weighted by molar-refractivity contribution is -0.128. The van der Waals surface area contributed by atoms with Crippen molar-refractivity contribution in [2.24, 2.45) is 28.6 Å². The van der Waals surface area contributed by atoms with Gasteiger partial charge in [0.05, 0.1) is 12.7 Å². The number of rotatable bonds is 1. The molecular formula is C23H38O3. The lowest BCUT2D eigenvalue weighted by Crippen LogP contribution is -2.54. The van der Waals surface area contributed by atoms with Crippen LogP contribution in [0.4, 0.5) is 0 Å². The standard InChI is InChI=1S/C21H32O3.C2H6/c1-19-10-9-17(22)18(24-4)16(19)6-5-13-14(19)7-11-20(2)15(13)8-12-21(20,3)23;1-2/h13-15,23H,5-12H2,1-4H3;1-2H3. The van der Waals surface area contributed by atoms with Crippen LogP contribution in [0.2, 0.25) is 0 Å². The molecule has 0 aliphatic heterocycles. The predicted molar refractivity (Wildman–Crippen MR) is 105 cm³/mol. The molecule has 3 saturated carbocycles. The zero-order valence-electron chi connectivity index (χ0n) is 17.7. The smallest absolute Gasteiger partial charge is 0.197 e. The zero-order valence-corrected chi connectivity index (χ0v) is 17.7. The summed E-state index contributed by atoms with van der Waals surface area (Å²) in [5.74, 6) is 2.85. The van der Waals surface area contributed by atoms with Gasteiger partial charge in [-0.3, -0.25) is 4.79 Å². The molecule has 0 amide bonds. The molecule has 0 bridgehead atoms. The van der Waals surface area contributed by atoms with Crippen molar-refractivity contribution in [1.29, 1.82) is 0 Å². The van der Waals surface area contributed by atoms with Gasteiger partial charge >= 0.3 is 0 Å². The molecule has 0 spiro atoms. The Labute approximate surface area is 159 Å². The van der Waals surface area contributed by atoms with E-state index in [0.717, 1.165) is 38.5 Å². The molecule has 0 aromatic carbocycles. The summed E-state index contributed by atoms with van der Waals surface area (Å²) in [6.07, 6.45) is 8.17. The van der Waals surface area contributed by atoms with Gasteiger partial charge in [0.15, 0.2) is 11.5 Å². The van der Waals surface area contributed by atoms with Gasteiger partial charge < -0.3 is 9.84 Å². The highest BCUT2D eigenvalue weighted by Crippen LogP contribution is 2.67. The number of allylic oxidation sites excluding steroid dienone is 1. The minimum Gasteiger partial charge on any atom is -0.493 e. The second-order valence-corrected chi connectivity index (χ2v) is 9.54. The van der Waals surface area contributed by atoms with Crippen LogP contribution < -0.4 is 0 Å². The third-order valence-electron chi connectivity index (χ3n) is 8.84. The number of ketones is 1. The number of hydrogen-bond acceptors (Lipinski definition) is 3. The van der Waals surface area contributed by atoms with E-state index in [2.05, 4.69) is 20.8 Å². The molecule has 4 rings (SSSR count). The fourth-order valence-electron chi connectivity index (χ4n) is 7.15. The van der Waals surface area contributed by atoms with E-state index in [-0.39, 0.29) is 16.6 Å². The van der Waals surface area contributed by atoms with Crippen molar-refractivity contribution in [2.45, 2.75) is 91.6 Å². The monoisotopic (exact) mass is 362 g/mol. The molecule has 1 N–H and O–H groups in total. The van der Waals surface area contributed by atoms with Crippen molar-refractivity contribution in [3.05, 3.63) is 11.3 Å². The van der Waals surface area contributed by atoms with Gasteiger partial charge in [0, 0.05) is 6.42 Å². The van der Waals surface area contributed by atoms with Crippen molar-refractivity contribution >= 4 is 5.78 Å². The van der Waals surface area contributed by atoms with E-state index in [1.165, 1.54) is 12.0 Å². The fourth-order valence-corrected chi connectivity index (χ4v) is 7.15. The lowest BCUT2D eigenvalue weighted by Gasteiger charge is -2.59. The van der Waals surface area contributed by atoms with E-state index < -0.39 is 5.60 Å². The Bertz CT molecular complexity index is 605. The highest BCUT2D eigenvalue weighted by Gasteiger charge is 2.62. The van der Waals surface area contributed by atoms with E-state index >= 15 is 0 Å². The summed E-state index contributed by atoms with van der Waals surface area (Å²) >= 11 is 0. The predicted octanol–water partition coefficient (Wildman–Crippen LogP) is 5.27. The Morgan fingerprint density at radius 3 is 2.27 bits per heavy atom. The van der Waals surface area contributed by atoms with Gasteiger partial charge in [-0.25, -0.2) is 0 Å². The van der Waals surface area contributed by atoms with Crippen LogP contribution in [0, 0.1) is 28.6 Å². The van der Waals surface area contributed by atoms with Gasteiger partial charge in [0.2, 0.25) is 0 Å². The molecule has 4 aliphatic carbocycles. The van der Waals surface area contributed by atoms with Crippen molar-refractivity contribution in [2.75, 3.05) is 7.11 Å². The van der Waals surface area contributed by atoms with Crippen molar-refractivity contribution in [1.82, 2.24) is 0 Å². The number of carbonyl (C=O) groups is 1. The molecule has 0 aromatic rings. The van der Waals surface area contributed by atoms with E-state index in [0.29, 0.717) is 29.9 Å². The minimum absolute atomic E-state index is 0.0698. The second kappa shape index (κ2) is 6.65. The van der Waals surface area contributed by atoms with Crippen molar-refractivity contribution < 1.29 is 14.6 Å². The topological polar surface area (TPSA) is 46.5 Å². The summed E-state index contributed by atoms with van der Waals surface area (Å²) in [7, 11) is 1.66. The number of Topliss-reactive ketones (excluding diaryl/α,β-unsaturated/α-hetero) is 1. The molecule has 0 heterocycles. The summed E-state index contributed by atoms with van der Waals surface area (Å²) in [6, 6.07) is 0. The summed E-state index contributed by atoms with van der Waals surface area (Å²) in [5.41, 5.74) is 0.980. The maximum atomic E-state index is 12.3. The van der Waals surface area contributed by atoms with Crippen molar-refractivity contribution in [3.8, 4) is 0 Å². The lowest BCUT2D eigenvalue weighted by atomic mass is 9.46. The Morgan fingerprint density at radius 1 is 0.962 bits per heavy atom. The molecule has 3 heteroatoms. The molecule has 0 aromatic heterocycles. The first-order chi connectivity index (χ1) is 12.2. The molecule has 6 unspecified atom stereocenters. The van der Waals surface area contributed by atoms with Gasteiger partial charge in [-0.05, 0) is 86.0 Å². The molecule has 3 fully saturated rings. The van der Waals surface area contributed by atoms with Crippen LogP contribution in [0.3, 0.4) is 0 Å². The highest BCUT2D eigenvalue weighted by atomic mass is 16.5. The molecule has 0 saturated heterocycles. The molecule has 148 valence electrons. The van der Waals surface area contributed by atoms with Gasteiger partial charge in [0.25, 0.3) is 0 Å². The van der Waals surface area contributed by atoms with Crippen LogP contribution in [-0.2, 0) is 9.53 Å². The Balaban J connectivity index is 0.000000948. The minimum atomic E-state index is -0.514. The number of methoxy groups -OCH3 is 1. The first kappa shape index (κ1) is 19.9. The summed E-state index contributed by atoms with van der Waals surface area (Å²) in [5, 5.41) is 11.0. The maximum Gasteiger partial charge on any atom is 0.197 e. The van der Waals surface area contributed by atoms with E-state index in [9.17, 15) is 9.90 Å². The number of ether oxygens (including phenoxy) is 1. The number of hydrogen-bond donors (Lipinski definition) is 1. The fraction of sp³-hybridized carbons (Fsp3) is 0.870. The Morgan fingerprint density at radius 2 is 1.62 bits per heavy atom. The Kier molecular flexibility index (Phi) is 5.10. The third kappa shape index (κ3) is 2.52. The van der Waals surface area contributed by atoms with Gasteiger partial charge in [-0.1, -0.05) is 27.7 Å². The largest absolute Gasteiger partial charge is 0.493 e.